The number of hydrogen-bond donors (Lipinski definition) is 3. The number of carbonyl (C=O) groups excluding carboxylic acids is 3. The van der Waals surface area contributed by atoms with Crippen LogP contribution in [0.4, 0.5) is 0 Å². The normalized spacial score (nSPS) is 31.9. The molecule has 6 fully saturated rings. The number of piperazine rings is 1. The van der Waals surface area contributed by atoms with Crippen molar-refractivity contribution in [1.82, 2.24) is 45.2 Å². The second kappa shape index (κ2) is 21.6. The van der Waals surface area contributed by atoms with Crippen LogP contribution >= 0.6 is 0 Å². The molecule has 1 aromatic heterocycles. The van der Waals surface area contributed by atoms with Gasteiger partial charge in [0.1, 0.15) is 12.1 Å². The maximum Gasteiger partial charge on any atom is 0.324 e. The molecule has 16 nitrogen and oxygen atoms in total. The van der Waals surface area contributed by atoms with Crippen LogP contribution in [-0.2, 0) is 41.6 Å². The van der Waals surface area contributed by atoms with Crippen molar-refractivity contribution in [2.24, 2.45) is 21.7 Å². The van der Waals surface area contributed by atoms with Gasteiger partial charge >= 0.3 is 5.97 Å². The highest BCUT2D eigenvalue weighted by atomic mass is 16.5. The summed E-state index contributed by atoms with van der Waals surface area (Å²) in [5, 5.41) is 9.84. The molecule has 11 rings (SSSR count). The zero-order chi connectivity index (χ0) is 50.4. The Balaban J connectivity index is 0.943. The summed E-state index contributed by atoms with van der Waals surface area (Å²) in [6, 6.07) is 5.75. The summed E-state index contributed by atoms with van der Waals surface area (Å²) in [6.07, 6.45) is 14.4. The van der Waals surface area contributed by atoms with Crippen molar-refractivity contribution in [3.8, 4) is 0 Å². The van der Waals surface area contributed by atoms with Gasteiger partial charge in [0.2, 0.25) is 5.91 Å². The van der Waals surface area contributed by atoms with Crippen molar-refractivity contribution in [3.05, 3.63) is 46.8 Å². The van der Waals surface area contributed by atoms with Gasteiger partial charge in [-0.2, -0.15) is 0 Å². The van der Waals surface area contributed by atoms with E-state index in [0.29, 0.717) is 44.9 Å². The van der Waals surface area contributed by atoms with Gasteiger partial charge in [0.15, 0.2) is 0 Å². The fraction of sp³-hybridized carbons (Fsp3) is 0.719. The van der Waals surface area contributed by atoms with Crippen LogP contribution in [0.1, 0.15) is 109 Å². The van der Waals surface area contributed by atoms with Gasteiger partial charge < -0.3 is 29.4 Å². The number of aliphatic imine (C=N–C) groups is 1. The van der Waals surface area contributed by atoms with Crippen molar-refractivity contribution in [2.75, 3.05) is 105 Å². The number of rotatable bonds is 9. The number of benzene rings is 1. The molecule has 6 bridgehead atoms. The molecule has 1 aliphatic carbocycles. The fourth-order valence-corrected chi connectivity index (χ4v) is 14.4. The predicted octanol–water partition coefficient (Wildman–Crippen LogP) is 4.71. The minimum atomic E-state index is -0.797. The fourth-order valence-electron chi connectivity index (χ4n) is 14.4. The lowest BCUT2D eigenvalue weighted by atomic mass is 9.83. The second-order valence-corrected chi connectivity index (χ2v) is 24.1. The standard InChI is InChI=1S/C57H84N10O6/c1-6-66-49-16-15-40-27-44(49)46(52(66)45-28-42(30-59-50(45)38(2)71-5)64-24-23-63-25-26-72-34-43(63)32-64)29-56(3,4)37-73-55(70)47-14-10-21-67(61-47)54(69)48(33-62-20-9-13-41(40)31-62)60-53(68)51(39-11-7-8-12-39)65-22-18-57(36-65)17-19-58-35-57/h13,15-16,27,30,38-39,42-43,47-48,51,58,61H,6-12,14,17-26,28-29,31-37H2,1-5H3,(H,60,68)/t38-,42?,43-,47-,48-,51-,57-/m0/s1. The number of esters is 1. The molecule has 2 aromatic rings. The molecule has 9 aliphatic rings. The topological polar surface area (TPSA) is 148 Å². The Morgan fingerprint density at radius 1 is 1.01 bits per heavy atom. The van der Waals surface area contributed by atoms with Crippen LogP contribution in [0.15, 0.2) is 35.0 Å². The third-order valence-corrected chi connectivity index (χ3v) is 18.5. The minimum absolute atomic E-state index is 0.0258. The number of cyclic esters (lactones) is 1. The Morgan fingerprint density at radius 3 is 2.67 bits per heavy atom. The third-order valence-electron chi connectivity index (χ3n) is 18.5. The highest BCUT2D eigenvalue weighted by molar-refractivity contribution is 5.95. The maximum absolute atomic E-state index is 15.0. The highest BCUT2D eigenvalue weighted by Crippen LogP contribution is 2.44. The lowest BCUT2D eigenvalue weighted by Crippen LogP contribution is -2.63. The van der Waals surface area contributed by atoms with E-state index in [1.165, 1.54) is 33.3 Å². The molecule has 1 aromatic carbocycles. The van der Waals surface area contributed by atoms with E-state index in [-0.39, 0.29) is 53.9 Å². The van der Waals surface area contributed by atoms with E-state index in [1.807, 2.05) is 0 Å². The van der Waals surface area contributed by atoms with Crippen LogP contribution in [0.25, 0.3) is 22.0 Å². The number of nitrogens with zero attached hydrogens (tertiary/aromatic N) is 7. The van der Waals surface area contributed by atoms with Gasteiger partial charge in [-0.15, -0.1) is 0 Å². The lowest BCUT2D eigenvalue weighted by Gasteiger charge is -2.46. The van der Waals surface area contributed by atoms with Gasteiger partial charge in [0.25, 0.3) is 5.91 Å². The Labute approximate surface area is 433 Å². The highest BCUT2D eigenvalue weighted by Gasteiger charge is 2.47. The van der Waals surface area contributed by atoms with E-state index in [2.05, 4.69) is 98.4 Å². The summed E-state index contributed by atoms with van der Waals surface area (Å²) in [6.45, 7) is 21.4. The van der Waals surface area contributed by atoms with Gasteiger partial charge in [0.05, 0.1) is 43.4 Å². The quantitative estimate of drug-likeness (QED) is 0.299. The first-order valence-corrected chi connectivity index (χ1v) is 28.3. The number of methoxy groups -OCH3 is 1. The second-order valence-electron chi connectivity index (χ2n) is 24.1. The number of aromatic nitrogens is 1. The van der Waals surface area contributed by atoms with Gasteiger partial charge in [0, 0.05) is 119 Å². The Bertz CT molecular complexity index is 2470. The summed E-state index contributed by atoms with van der Waals surface area (Å²) in [7, 11) is 1.77. The average molecular weight is 1010 g/mol. The smallest absolute Gasteiger partial charge is 0.324 e. The maximum atomic E-state index is 15.0. The van der Waals surface area contributed by atoms with E-state index in [4.69, 9.17) is 19.2 Å². The van der Waals surface area contributed by atoms with Crippen LogP contribution < -0.4 is 16.1 Å². The number of likely N-dealkylation sites (tertiary alicyclic amines) is 1. The van der Waals surface area contributed by atoms with Crippen LogP contribution in [0.5, 0.6) is 0 Å². The van der Waals surface area contributed by atoms with E-state index < -0.39 is 17.5 Å². The van der Waals surface area contributed by atoms with Gasteiger partial charge in [-0.25, -0.2) is 5.43 Å². The Morgan fingerprint density at radius 2 is 1.86 bits per heavy atom. The number of carbonyl (C=O) groups is 3. The van der Waals surface area contributed by atoms with Gasteiger partial charge in [-0.1, -0.05) is 38.8 Å². The summed E-state index contributed by atoms with van der Waals surface area (Å²) >= 11 is 0. The van der Waals surface area contributed by atoms with Crippen molar-refractivity contribution >= 4 is 46.0 Å². The molecule has 1 saturated carbocycles. The molecular weight excluding hydrogens is 921 g/mol. The SMILES string of the molecule is CCn1c(C2=C([C@H](C)OC)N=CC(N3CCN4CCOC[C@@H]4C3)C2)c2c3cc(ccc31)C1=CCCN(C1)C[C@H](NC(=O)[C@H](C1CCCC1)N1CC[C@]3(CCNC3)C1)C(=O)N1CCC[C@H](N1)C(=O)OCC(C)(C)C2. The third kappa shape index (κ3) is 10.5. The molecule has 16 heteroatoms. The number of hydrogen-bond acceptors (Lipinski definition) is 13. The Kier molecular flexibility index (Phi) is 15.1. The number of fused-ring (bicyclic) bond motifs is 7. The van der Waals surface area contributed by atoms with Crippen molar-refractivity contribution in [1.29, 1.82) is 0 Å². The first-order chi connectivity index (χ1) is 35.4. The monoisotopic (exact) mass is 1000 g/mol. The molecule has 2 unspecified atom stereocenters. The first kappa shape index (κ1) is 51.1. The van der Waals surface area contributed by atoms with Gasteiger partial charge in [-0.05, 0) is 125 Å². The zero-order valence-corrected chi connectivity index (χ0v) is 44.6. The molecule has 398 valence electrons. The molecule has 9 heterocycles. The van der Waals surface area contributed by atoms with E-state index in [1.54, 1.807) is 12.1 Å². The number of hydrazine groups is 1. The van der Waals surface area contributed by atoms with Crippen molar-refractivity contribution < 1.29 is 28.6 Å². The number of morpholine rings is 1. The largest absolute Gasteiger partial charge is 0.464 e. The lowest BCUT2D eigenvalue weighted by molar-refractivity contribution is -0.155. The number of aryl methyl sites for hydroxylation is 1. The molecule has 2 amide bonds. The molecule has 3 N–H and O–H groups in total. The first-order valence-electron chi connectivity index (χ1n) is 28.3. The van der Waals surface area contributed by atoms with Crippen LogP contribution in [0, 0.1) is 16.7 Å². The molecular formula is C57H84N10O6. The van der Waals surface area contributed by atoms with Crippen molar-refractivity contribution in [3.63, 3.8) is 0 Å². The predicted molar refractivity (Wildman–Crippen MR) is 285 cm³/mol. The Hall–Kier alpha value is -4.00. The number of amides is 2. The summed E-state index contributed by atoms with van der Waals surface area (Å²) in [5.74, 6) is -0.299. The van der Waals surface area contributed by atoms with Crippen LogP contribution in [0.2, 0.25) is 0 Å². The van der Waals surface area contributed by atoms with E-state index >= 15 is 9.59 Å². The molecule has 8 aliphatic heterocycles. The molecule has 1 spiro atoms. The summed E-state index contributed by atoms with van der Waals surface area (Å²) in [4.78, 5) is 59.6. The summed E-state index contributed by atoms with van der Waals surface area (Å²) < 4.78 is 20.9. The van der Waals surface area contributed by atoms with Gasteiger partial charge in [-0.3, -0.25) is 44.0 Å². The molecule has 5 saturated heterocycles. The van der Waals surface area contributed by atoms with Crippen LogP contribution in [0.3, 0.4) is 0 Å². The number of ether oxygens (including phenoxy) is 3. The minimum Gasteiger partial charge on any atom is -0.464 e. The molecule has 8 atom stereocenters. The van der Waals surface area contributed by atoms with E-state index in [0.717, 1.165) is 141 Å². The van der Waals surface area contributed by atoms with E-state index in [9.17, 15) is 4.79 Å². The average Bonchev–Trinajstić information content (AvgIpc) is 4.25. The van der Waals surface area contributed by atoms with Crippen LogP contribution in [-0.4, -0.2) is 195 Å². The summed E-state index contributed by atoms with van der Waals surface area (Å²) in [5.41, 5.74) is 11.3. The molecule has 0 radical (unpaired) electrons. The molecule has 73 heavy (non-hydrogen) atoms. The number of nitrogens with one attached hydrogen (secondary N) is 3. The zero-order valence-electron chi connectivity index (χ0n) is 44.6. The van der Waals surface area contributed by atoms with Crippen molar-refractivity contribution in [2.45, 2.75) is 141 Å².